The molecule has 2 heterocycles. The Balaban J connectivity index is 1.81. The molecule has 0 fully saturated rings. The number of aromatic nitrogens is 2. The Hall–Kier alpha value is -3.48. The summed E-state index contributed by atoms with van der Waals surface area (Å²) in [4.78, 5) is 35.1. The minimum absolute atomic E-state index is 0.0431. The average molecular weight is 335 g/mol. The number of imide groups is 1. The van der Waals surface area contributed by atoms with Gasteiger partial charge < -0.3 is 9.47 Å². The molecule has 0 saturated carbocycles. The van der Waals surface area contributed by atoms with Gasteiger partial charge >= 0.3 is 0 Å². The Morgan fingerprint density at radius 2 is 1.32 bits per heavy atom. The first-order valence-electron chi connectivity index (χ1n) is 7.51. The van der Waals surface area contributed by atoms with E-state index < -0.39 is 11.8 Å². The number of rotatable bonds is 3. The Labute approximate surface area is 142 Å². The first-order chi connectivity index (χ1) is 12.1. The van der Waals surface area contributed by atoms with Crippen LogP contribution in [0.25, 0.3) is 11.0 Å². The fourth-order valence-corrected chi connectivity index (χ4v) is 2.73. The summed E-state index contributed by atoms with van der Waals surface area (Å²) >= 11 is 0. The van der Waals surface area contributed by atoms with Crippen molar-refractivity contribution in [3.05, 3.63) is 53.9 Å². The number of nitrogens with zero attached hydrogens (tertiary/aromatic N) is 3. The van der Waals surface area contributed by atoms with Gasteiger partial charge in [0.05, 0.1) is 30.9 Å². The minimum atomic E-state index is -0.498. The second-order valence-corrected chi connectivity index (χ2v) is 5.42. The van der Waals surface area contributed by atoms with Crippen LogP contribution in [-0.4, -0.2) is 36.0 Å². The molecule has 0 aliphatic carbocycles. The topological polar surface area (TPSA) is 81.6 Å². The first-order valence-corrected chi connectivity index (χ1v) is 7.51. The number of anilines is 1. The quantitative estimate of drug-likeness (QED) is 0.684. The summed E-state index contributed by atoms with van der Waals surface area (Å²) in [5.74, 6) is 0.248. The van der Waals surface area contributed by atoms with E-state index in [0.717, 1.165) is 4.90 Å². The Kier molecular flexibility index (Phi) is 3.35. The predicted molar refractivity (Wildman–Crippen MR) is 90.2 cm³/mol. The van der Waals surface area contributed by atoms with E-state index in [0.29, 0.717) is 28.2 Å². The van der Waals surface area contributed by atoms with Crippen LogP contribution in [0.3, 0.4) is 0 Å². The van der Waals surface area contributed by atoms with E-state index in [4.69, 9.17) is 9.47 Å². The zero-order chi connectivity index (χ0) is 17.6. The molecule has 0 spiro atoms. The monoisotopic (exact) mass is 335 g/mol. The second kappa shape index (κ2) is 5.55. The smallest absolute Gasteiger partial charge is 0.286 e. The van der Waals surface area contributed by atoms with Crippen LogP contribution in [0.4, 0.5) is 5.69 Å². The largest absolute Gasteiger partial charge is 0.497 e. The summed E-state index contributed by atoms with van der Waals surface area (Å²) in [5.41, 5.74) is 1.56. The molecule has 2 aromatic carbocycles. The van der Waals surface area contributed by atoms with Crippen molar-refractivity contribution >= 4 is 28.5 Å². The first kappa shape index (κ1) is 15.1. The highest BCUT2D eigenvalue weighted by Gasteiger charge is 2.40. The van der Waals surface area contributed by atoms with E-state index in [9.17, 15) is 9.59 Å². The van der Waals surface area contributed by atoms with Crippen LogP contribution < -0.4 is 14.4 Å². The van der Waals surface area contributed by atoms with Gasteiger partial charge in [0.25, 0.3) is 11.8 Å². The number of carbonyl (C=O) groups is 2. The molecule has 124 valence electrons. The molecule has 0 saturated heterocycles. The van der Waals surface area contributed by atoms with E-state index >= 15 is 0 Å². The summed E-state index contributed by atoms with van der Waals surface area (Å²) in [7, 11) is 3.09. The third-order valence-electron chi connectivity index (χ3n) is 4.01. The van der Waals surface area contributed by atoms with Crippen molar-refractivity contribution in [2.75, 3.05) is 19.1 Å². The summed E-state index contributed by atoms with van der Waals surface area (Å²) in [5, 5.41) is 0. The van der Waals surface area contributed by atoms with Gasteiger partial charge in [0.15, 0.2) is 11.4 Å². The minimum Gasteiger partial charge on any atom is -0.497 e. The molecule has 0 unspecified atom stereocenters. The van der Waals surface area contributed by atoms with E-state index in [1.807, 2.05) is 0 Å². The second-order valence-electron chi connectivity index (χ2n) is 5.42. The molecule has 0 bridgehead atoms. The fourth-order valence-electron chi connectivity index (χ4n) is 2.73. The molecule has 1 aliphatic rings. The third kappa shape index (κ3) is 2.28. The Morgan fingerprint density at radius 3 is 1.92 bits per heavy atom. The van der Waals surface area contributed by atoms with Crippen LogP contribution in [0.2, 0.25) is 0 Å². The molecular weight excluding hydrogens is 322 g/mol. The van der Waals surface area contributed by atoms with Crippen LogP contribution in [0.15, 0.2) is 42.5 Å². The normalized spacial score (nSPS) is 13.3. The van der Waals surface area contributed by atoms with Gasteiger partial charge in [-0.15, -0.1) is 0 Å². The lowest BCUT2D eigenvalue weighted by molar-refractivity contribution is 0.0923. The van der Waals surface area contributed by atoms with Crippen molar-refractivity contribution in [3.63, 3.8) is 0 Å². The van der Waals surface area contributed by atoms with E-state index in [2.05, 4.69) is 9.97 Å². The van der Waals surface area contributed by atoms with Crippen LogP contribution in [0.5, 0.6) is 11.5 Å². The molecule has 4 rings (SSSR count). The Morgan fingerprint density at radius 1 is 0.760 bits per heavy atom. The average Bonchev–Trinajstić information content (AvgIpc) is 2.90. The zero-order valence-corrected chi connectivity index (χ0v) is 13.5. The molecule has 0 atom stereocenters. The molecule has 3 aromatic rings. The fraction of sp³-hybridized carbons (Fsp3) is 0.111. The van der Waals surface area contributed by atoms with Gasteiger partial charge in [0.1, 0.15) is 11.5 Å². The number of methoxy groups -OCH3 is 2. The molecule has 7 heteroatoms. The number of carbonyl (C=O) groups excluding carboxylic acids is 2. The number of fused-ring (bicyclic) bond motifs is 2. The van der Waals surface area contributed by atoms with Gasteiger partial charge in [-0.2, -0.15) is 0 Å². The third-order valence-corrected chi connectivity index (χ3v) is 4.01. The SMILES string of the molecule is COc1ccc(N2C(=O)c3nc4ccc(OC)cc4nc3C2=O)cc1. The van der Waals surface area contributed by atoms with E-state index in [1.54, 1.807) is 56.7 Å². The molecule has 7 nitrogen and oxygen atoms in total. The van der Waals surface area contributed by atoms with Crippen molar-refractivity contribution in [1.82, 2.24) is 9.97 Å². The van der Waals surface area contributed by atoms with Crippen LogP contribution >= 0.6 is 0 Å². The molecular formula is C18H13N3O4. The van der Waals surface area contributed by atoms with E-state index in [1.165, 1.54) is 0 Å². The van der Waals surface area contributed by atoms with Crippen molar-refractivity contribution in [2.45, 2.75) is 0 Å². The van der Waals surface area contributed by atoms with E-state index in [-0.39, 0.29) is 11.4 Å². The highest BCUT2D eigenvalue weighted by Crippen LogP contribution is 2.29. The van der Waals surface area contributed by atoms with Gasteiger partial charge in [-0.05, 0) is 36.4 Å². The van der Waals surface area contributed by atoms with Gasteiger partial charge in [0.2, 0.25) is 0 Å². The van der Waals surface area contributed by atoms with Crippen molar-refractivity contribution in [1.29, 1.82) is 0 Å². The van der Waals surface area contributed by atoms with Crippen LogP contribution in [0.1, 0.15) is 21.0 Å². The van der Waals surface area contributed by atoms with Gasteiger partial charge in [-0.25, -0.2) is 14.9 Å². The molecule has 0 N–H and O–H groups in total. The molecule has 1 aliphatic heterocycles. The summed E-state index contributed by atoms with van der Waals surface area (Å²) in [6.07, 6.45) is 0. The lowest BCUT2D eigenvalue weighted by Gasteiger charge is -2.13. The highest BCUT2D eigenvalue weighted by atomic mass is 16.5. The van der Waals surface area contributed by atoms with Crippen molar-refractivity contribution < 1.29 is 19.1 Å². The molecule has 1 aromatic heterocycles. The maximum atomic E-state index is 12.7. The highest BCUT2D eigenvalue weighted by molar-refractivity contribution is 6.33. The molecule has 2 amide bonds. The molecule has 0 radical (unpaired) electrons. The Bertz CT molecular complexity index is 1010. The zero-order valence-electron chi connectivity index (χ0n) is 13.5. The van der Waals surface area contributed by atoms with Gasteiger partial charge in [0, 0.05) is 6.07 Å². The standard InChI is InChI=1S/C18H13N3O4/c1-24-11-5-3-10(4-6-11)21-17(22)15-16(18(21)23)20-14-9-12(25-2)7-8-13(14)19-15/h3-9H,1-2H3. The number of hydrogen-bond acceptors (Lipinski definition) is 6. The summed E-state index contributed by atoms with van der Waals surface area (Å²) in [6, 6.07) is 11.8. The van der Waals surface area contributed by atoms with Crippen LogP contribution in [-0.2, 0) is 0 Å². The summed E-state index contributed by atoms with van der Waals surface area (Å²) in [6.45, 7) is 0. The summed E-state index contributed by atoms with van der Waals surface area (Å²) < 4.78 is 10.3. The lowest BCUT2D eigenvalue weighted by atomic mass is 10.2. The van der Waals surface area contributed by atoms with Crippen molar-refractivity contribution in [3.8, 4) is 11.5 Å². The maximum Gasteiger partial charge on any atom is 0.286 e. The molecule has 25 heavy (non-hydrogen) atoms. The number of amides is 2. The number of hydrogen-bond donors (Lipinski definition) is 0. The van der Waals surface area contributed by atoms with Crippen molar-refractivity contribution in [2.24, 2.45) is 0 Å². The lowest BCUT2D eigenvalue weighted by Crippen LogP contribution is -2.29. The predicted octanol–water partition coefficient (Wildman–Crippen LogP) is 2.45. The number of ether oxygens (including phenoxy) is 2. The number of benzene rings is 2. The maximum absolute atomic E-state index is 12.7. The van der Waals surface area contributed by atoms with Gasteiger partial charge in [-0.3, -0.25) is 9.59 Å². The van der Waals surface area contributed by atoms with Crippen LogP contribution in [0, 0.1) is 0 Å². The van der Waals surface area contributed by atoms with Gasteiger partial charge in [-0.1, -0.05) is 0 Å².